The van der Waals surface area contributed by atoms with Gasteiger partial charge in [-0.25, -0.2) is 0 Å². The van der Waals surface area contributed by atoms with Crippen molar-refractivity contribution >= 4 is 35.1 Å². The van der Waals surface area contributed by atoms with Crippen LogP contribution in [0.5, 0.6) is 0 Å². The van der Waals surface area contributed by atoms with E-state index >= 15 is 0 Å². The number of amides is 2. The number of benzene rings is 1. The number of hydrogen-bond donors (Lipinski definition) is 3. The molecule has 0 atom stereocenters. The van der Waals surface area contributed by atoms with E-state index in [2.05, 4.69) is 26.3 Å². The van der Waals surface area contributed by atoms with E-state index in [-0.39, 0.29) is 11.6 Å². The maximum atomic E-state index is 13.4. The van der Waals surface area contributed by atoms with Gasteiger partial charge in [-0.1, -0.05) is 40.1 Å². The number of carbonyl (C=O) groups is 2. The van der Waals surface area contributed by atoms with Crippen molar-refractivity contribution in [2.75, 3.05) is 10.6 Å². The quantitative estimate of drug-likeness (QED) is 0.506. The zero-order valence-electron chi connectivity index (χ0n) is 18.4. The van der Waals surface area contributed by atoms with Gasteiger partial charge in [0.25, 0.3) is 11.8 Å². The molecule has 0 bridgehead atoms. The van der Waals surface area contributed by atoms with Crippen LogP contribution in [-0.2, 0) is 9.59 Å². The first-order valence-corrected chi connectivity index (χ1v) is 10.5. The van der Waals surface area contributed by atoms with Crippen LogP contribution in [0.3, 0.4) is 0 Å². The Bertz CT molecular complexity index is 1230. The van der Waals surface area contributed by atoms with Gasteiger partial charge in [0.2, 0.25) is 0 Å². The molecule has 2 aromatic heterocycles. The van der Waals surface area contributed by atoms with Crippen molar-refractivity contribution in [3.05, 3.63) is 81.0 Å². The summed E-state index contributed by atoms with van der Waals surface area (Å²) < 4.78 is 10.1. The molecule has 3 N–H and O–H groups in total. The summed E-state index contributed by atoms with van der Waals surface area (Å²) in [6, 6.07) is 10.3. The first-order valence-electron chi connectivity index (χ1n) is 10.2. The lowest BCUT2D eigenvalue weighted by atomic mass is 9.79. The van der Waals surface area contributed by atoms with Crippen molar-refractivity contribution in [3.8, 4) is 0 Å². The third kappa shape index (κ3) is 4.54. The van der Waals surface area contributed by atoms with E-state index in [0.717, 1.165) is 0 Å². The molecule has 0 aliphatic carbocycles. The fraction of sp³-hybridized carbons (Fsp3) is 0.217. The number of carbonyl (C=O) groups excluding carboxylic acids is 2. The van der Waals surface area contributed by atoms with E-state index in [0.29, 0.717) is 44.6 Å². The van der Waals surface area contributed by atoms with Crippen LogP contribution < -0.4 is 16.0 Å². The molecule has 0 radical (unpaired) electrons. The molecule has 0 fully saturated rings. The van der Waals surface area contributed by atoms with Gasteiger partial charge in [0.1, 0.15) is 11.5 Å². The van der Waals surface area contributed by atoms with Crippen molar-refractivity contribution in [3.63, 3.8) is 0 Å². The Kier molecular flexibility index (Phi) is 6.06. The van der Waals surface area contributed by atoms with Gasteiger partial charge in [0.05, 0.1) is 0 Å². The number of aryl methyl sites for hydroxylation is 2. The highest BCUT2D eigenvalue weighted by atomic mass is 35.5. The van der Waals surface area contributed by atoms with Gasteiger partial charge < -0.3 is 25.0 Å². The third-order valence-electron chi connectivity index (χ3n) is 5.20. The Hall–Kier alpha value is -3.85. The van der Waals surface area contributed by atoms with Crippen molar-refractivity contribution in [1.29, 1.82) is 0 Å². The van der Waals surface area contributed by atoms with Crippen LogP contribution in [0.4, 0.5) is 11.6 Å². The molecule has 4 rings (SSSR count). The van der Waals surface area contributed by atoms with Gasteiger partial charge in [0.15, 0.2) is 11.6 Å². The van der Waals surface area contributed by atoms with E-state index in [9.17, 15) is 9.59 Å². The monoisotopic (exact) mass is 467 g/mol. The number of nitrogens with one attached hydrogen (secondary N) is 3. The maximum absolute atomic E-state index is 13.4. The highest BCUT2D eigenvalue weighted by Gasteiger charge is 2.37. The summed E-state index contributed by atoms with van der Waals surface area (Å²) in [4.78, 5) is 26.8. The average molecular weight is 468 g/mol. The minimum Gasteiger partial charge on any atom is -0.362 e. The SMILES string of the molecule is CC1=C(C(=O)Nc2cc(C)on2)C(c2ccccc2Cl)C(C(=O)Nc2cc(C)on2)=C(C)N1. The lowest BCUT2D eigenvalue weighted by molar-refractivity contribution is -0.113. The summed E-state index contributed by atoms with van der Waals surface area (Å²) in [6.07, 6.45) is 0. The van der Waals surface area contributed by atoms with E-state index in [1.807, 2.05) is 0 Å². The van der Waals surface area contributed by atoms with Gasteiger partial charge in [-0.2, -0.15) is 0 Å². The highest BCUT2D eigenvalue weighted by Crippen LogP contribution is 2.41. The summed E-state index contributed by atoms with van der Waals surface area (Å²) in [5, 5.41) is 16.7. The minimum absolute atomic E-state index is 0.269. The molecule has 10 heteroatoms. The molecular weight excluding hydrogens is 446 g/mol. The molecule has 2 amide bonds. The molecule has 1 aliphatic heterocycles. The summed E-state index contributed by atoms with van der Waals surface area (Å²) in [6.45, 7) is 6.99. The predicted octanol–water partition coefficient (Wildman–Crippen LogP) is 4.45. The number of rotatable bonds is 5. The minimum atomic E-state index is -0.749. The number of hydrogen-bond acceptors (Lipinski definition) is 7. The molecule has 1 aliphatic rings. The van der Waals surface area contributed by atoms with Crippen molar-refractivity contribution < 1.29 is 18.6 Å². The number of aromatic nitrogens is 2. The molecule has 170 valence electrons. The van der Waals surface area contributed by atoms with Crippen LogP contribution in [0, 0.1) is 13.8 Å². The van der Waals surface area contributed by atoms with E-state index in [1.165, 1.54) is 0 Å². The van der Waals surface area contributed by atoms with E-state index < -0.39 is 17.7 Å². The Morgan fingerprint density at radius 3 is 1.79 bits per heavy atom. The Morgan fingerprint density at radius 1 is 0.879 bits per heavy atom. The lowest BCUT2D eigenvalue weighted by Crippen LogP contribution is -2.35. The number of nitrogens with zero attached hydrogens (tertiary/aromatic N) is 2. The lowest BCUT2D eigenvalue weighted by Gasteiger charge is -2.31. The van der Waals surface area contributed by atoms with Crippen LogP contribution in [0.15, 0.2) is 68.0 Å². The van der Waals surface area contributed by atoms with Gasteiger partial charge in [-0.05, 0) is 39.3 Å². The molecule has 0 saturated carbocycles. The van der Waals surface area contributed by atoms with Crippen molar-refractivity contribution in [2.45, 2.75) is 33.6 Å². The summed E-state index contributed by atoms with van der Waals surface area (Å²) in [7, 11) is 0. The Labute approximate surface area is 194 Å². The molecule has 1 aromatic carbocycles. The van der Waals surface area contributed by atoms with Gasteiger partial charge in [-0.15, -0.1) is 0 Å². The smallest absolute Gasteiger partial charge is 0.255 e. The third-order valence-corrected chi connectivity index (χ3v) is 5.55. The number of anilines is 2. The maximum Gasteiger partial charge on any atom is 0.255 e. The van der Waals surface area contributed by atoms with Crippen LogP contribution in [-0.4, -0.2) is 22.1 Å². The second-order valence-corrected chi connectivity index (χ2v) is 8.12. The first-order chi connectivity index (χ1) is 15.7. The highest BCUT2D eigenvalue weighted by molar-refractivity contribution is 6.31. The standard InChI is InChI=1S/C23H22ClN5O4/c1-11-9-17(28-32-11)26-22(30)19-13(3)25-14(4)20(21(19)15-7-5-6-8-16(15)24)23(31)27-18-10-12(2)33-29-18/h5-10,21,25H,1-4H3,(H,26,28,30)(H,27,29,31). The summed E-state index contributed by atoms with van der Waals surface area (Å²) in [5.41, 5.74) is 2.45. The van der Waals surface area contributed by atoms with E-state index in [4.69, 9.17) is 20.6 Å². The fourth-order valence-corrected chi connectivity index (χ4v) is 4.08. The first kappa shape index (κ1) is 22.3. The number of allylic oxidation sites excluding steroid dienone is 2. The van der Waals surface area contributed by atoms with Crippen molar-refractivity contribution in [1.82, 2.24) is 15.6 Å². The van der Waals surface area contributed by atoms with Crippen LogP contribution in [0.2, 0.25) is 5.02 Å². The van der Waals surface area contributed by atoms with Crippen molar-refractivity contribution in [2.24, 2.45) is 0 Å². The van der Waals surface area contributed by atoms with Crippen LogP contribution in [0.25, 0.3) is 0 Å². The molecule has 9 nitrogen and oxygen atoms in total. The molecule has 0 spiro atoms. The zero-order chi connectivity index (χ0) is 23.7. The molecule has 3 aromatic rings. The number of dihydropyridines is 1. The largest absolute Gasteiger partial charge is 0.362 e. The second kappa shape index (κ2) is 8.95. The number of halogens is 1. The average Bonchev–Trinajstić information content (AvgIpc) is 3.34. The Balaban J connectivity index is 1.78. The van der Waals surface area contributed by atoms with Gasteiger partial charge in [-0.3, -0.25) is 9.59 Å². The summed E-state index contributed by atoms with van der Waals surface area (Å²) in [5.74, 6) is 0.0259. The summed E-state index contributed by atoms with van der Waals surface area (Å²) >= 11 is 6.54. The Morgan fingerprint density at radius 2 is 1.36 bits per heavy atom. The van der Waals surface area contributed by atoms with Gasteiger partial charge in [0, 0.05) is 45.6 Å². The molecule has 0 saturated heterocycles. The topological polar surface area (TPSA) is 122 Å². The van der Waals surface area contributed by atoms with E-state index in [1.54, 1.807) is 64.1 Å². The van der Waals surface area contributed by atoms with Crippen LogP contribution in [0.1, 0.15) is 36.8 Å². The molecule has 0 unspecified atom stereocenters. The second-order valence-electron chi connectivity index (χ2n) is 7.71. The molecule has 33 heavy (non-hydrogen) atoms. The van der Waals surface area contributed by atoms with Crippen LogP contribution >= 0.6 is 11.6 Å². The molecular formula is C23H22ClN5O4. The zero-order valence-corrected chi connectivity index (χ0v) is 19.2. The molecule has 3 heterocycles. The fourth-order valence-electron chi connectivity index (χ4n) is 3.83. The predicted molar refractivity (Wildman–Crippen MR) is 122 cm³/mol. The normalized spacial score (nSPS) is 14.3. The van der Waals surface area contributed by atoms with Gasteiger partial charge >= 0.3 is 0 Å².